The molecule has 0 aliphatic rings. The molecular formula is C25H34N6O7. The van der Waals surface area contributed by atoms with Crippen molar-refractivity contribution in [1.29, 1.82) is 0 Å². The summed E-state index contributed by atoms with van der Waals surface area (Å²) in [7, 11) is 0. The lowest BCUT2D eigenvalue weighted by molar-refractivity contribution is -0.144. The van der Waals surface area contributed by atoms with Crippen molar-refractivity contribution in [3.05, 3.63) is 54.1 Å². The lowest BCUT2D eigenvalue weighted by Crippen LogP contribution is -2.58. The number of nitrogens with one attached hydrogen (secondary N) is 4. The molecule has 1 aromatic carbocycles. The van der Waals surface area contributed by atoms with Gasteiger partial charge in [-0.2, -0.15) is 0 Å². The summed E-state index contributed by atoms with van der Waals surface area (Å²) in [6.07, 6.45) is 2.67. The van der Waals surface area contributed by atoms with Gasteiger partial charge in [-0.25, -0.2) is 9.78 Å². The molecule has 1 heterocycles. The molecule has 13 heteroatoms. The van der Waals surface area contributed by atoms with Gasteiger partial charge in [-0.1, -0.05) is 50.6 Å². The van der Waals surface area contributed by atoms with Gasteiger partial charge in [0.2, 0.25) is 17.7 Å². The van der Waals surface area contributed by atoms with Gasteiger partial charge in [0.25, 0.3) is 0 Å². The van der Waals surface area contributed by atoms with Gasteiger partial charge in [-0.05, 0) is 11.5 Å². The van der Waals surface area contributed by atoms with Crippen molar-refractivity contribution in [1.82, 2.24) is 25.9 Å². The summed E-state index contributed by atoms with van der Waals surface area (Å²) < 4.78 is 0. The fourth-order valence-electron chi connectivity index (χ4n) is 3.66. The normalized spacial score (nSPS) is 14.8. The van der Waals surface area contributed by atoms with Crippen LogP contribution in [0.4, 0.5) is 0 Å². The summed E-state index contributed by atoms with van der Waals surface area (Å²) in [5.41, 5.74) is 7.15. The Morgan fingerprint density at radius 2 is 1.58 bits per heavy atom. The number of carboxylic acids is 2. The minimum atomic E-state index is -1.54. The zero-order valence-electron chi connectivity index (χ0n) is 21.2. The molecule has 0 fully saturated rings. The molecular weight excluding hydrogens is 496 g/mol. The van der Waals surface area contributed by atoms with E-state index in [1.54, 1.807) is 44.2 Å². The van der Waals surface area contributed by atoms with Crippen LogP contribution in [0.1, 0.15) is 37.9 Å². The van der Waals surface area contributed by atoms with Gasteiger partial charge in [0, 0.05) is 24.7 Å². The van der Waals surface area contributed by atoms with E-state index in [1.165, 1.54) is 12.5 Å². The first-order chi connectivity index (χ1) is 18.0. The zero-order chi connectivity index (χ0) is 28.2. The standard InChI is InChI=1S/C25H34N6O7/c1-3-14(2)21(25(37)38)31-24(36)18(9-15-7-5-4-6-8-15)30-23(35)19(11-20(32)33)29-22(34)17(26)10-16-12-27-13-28-16/h4-8,12-14,17-19,21H,3,9-11,26H2,1-2H3,(H,27,28)(H,29,34)(H,30,35)(H,31,36)(H,32,33)(H,37,38). The molecule has 0 saturated carbocycles. The third-order valence-electron chi connectivity index (χ3n) is 6.04. The van der Waals surface area contributed by atoms with Crippen LogP contribution in [0.2, 0.25) is 0 Å². The minimum absolute atomic E-state index is 0.00165. The predicted octanol–water partition coefficient (Wildman–Crippen LogP) is -0.418. The van der Waals surface area contributed by atoms with Gasteiger partial charge in [-0.3, -0.25) is 19.2 Å². The summed E-state index contributed by atoms with van der Waals surface area (Å²) in [5.74, 6) is -5.43. The summed E-state index contributed by atoms with van der Waals surface area (Å²) in [6.45, 7) is 3.46. The van der Waals surface area contributed by atoms with E-state index in [0.29, 0.717) is 17.7 Å². The van der Waals surface area contributed by atoms with Crippen molar-refractivity contribution < 1.29 is 34.2 Å². The lowest BCUT2D eigenvalue weighted by atomic mass is 9.98. The monoisotopic (exact) mass is 530 g/mol. The largest absolute Gasteiger partial charge is 0.481 e. The fraction of sp³-hybridized carbons (Fsp3) is 0.440. The Balaban J connectivity index is 2.21. The number of H-pyrrole nitrogens is 1. The first kappa shape index (κ1) is 30.0. The molecule has 2 rings (SSSR count). The van der Waals surface area contributed by atoms with E-state index in [9.17, 15) is 34.2 Å². The average Bonchev–Trinajstić information content (AvgIpc) is 3.38. The fourth-order valence-corrected chi connectivity index (χ4v) is 3.66. The van der Waals surface area contributed by atoms with E-state index >= 15 is 0 Å². The van der Waals surface area contributed by atoms with Gasteiger partial charge in [0.15, 0.2) is 0 Å². The molecule has 2 aromatic rings. The maximum atomic E-state index is 13.1. The van der Waals surface area contributed by atoms with Crippen LogP contribution in [-0.4, -0.2) is 74.0 Å². The first-order valence-electron chi connectivity index (χ1n) is 12.1. The number of carbonyl (C=O) groups is 5. The Hall–Kier alpha value is -4.26. The third-order valence-corrected chi connectivity index (χ3v) is 6.04. The van der Waals surface area contributed by atoms with E-state index < -0.39 is 60.2 Å². The van der Waals surface area contributed by atoms with Crippen molar-refractivity contribution in [2.45, 2.75) is 63.7 Å². The Labute approximate surface area is 219 Å². The van der Waals surface area contributed by atoms with Gasteiger partial charge < -0.3 is 36.9 Å². The van der Waals surface area contributed by atoms with Crippen LogP contribution in [0.5, 0.6) is 0 Å². The van der Waals surface area contributed by atoms with Gasteiger partial charge in [0.05, 0.1) is 18.8 Å². The van der Waals surface area contributed by atoms with Crippen LogP contribution in [0.3, 0.4) is 0 Å². The number of nitrogens with zero attached hydrogens (tertiary/aromatic N) is 1. The number of nitrogens with two attached hydrogens (primary N) is 1. The molecule has 0 aliphatic heterocycles. The highest BCUT2D eigenvalue weighted by atomic mass is 16.4. The van der Waals surface area contributed by atoms with E-state index in [4.69, 9.17) is 5.73 Å². The topological polar surface area (TPSA) is 217 Å². The predicted molar refractivity (Wildman–Crippen MR) is 136 cm³/mol. The van der Waals surface area contributed by atoms with Crippen LogP contribution in [0, 0.1) is 5.92 Å². The Morgan fingerprint density at radius 3 is 2.13 bits per heavy atom. The second-order valence-corrected chi connectivity index (χ2v) is 9.01. The molecule has 0 saturated heterocycles. The maximum absolute atomic E-state index is 13.1. The minimum Gasteiger partial charge on any atom is -0.481 e. The zero-order valence-corrected chi connectivity index (χ0v) is 21.2. The van der Waals surface area contributed by atoms with E-state index in [0.717, 1.165) is 0 Å². The molecule has 3 amide bonds. The quantitative estimate of drug-likeness (QED) is 0.159. The lowest BCUT2D eigenvalue weighted by Gasteiger charge is -2.26. The molecule has 1 aromatic heterocycles. The molecule has 5 atom stereocenters. The van der Waals surface area contributed by atoms with Crippen LogP contribution >= 0.6 is 0 Å². The van der Waals surface area contributed by atoms with Gasteiger partial charge in [-0.15, -0.1) is 0 Å². The van der Waals surface area contributed by atoms with Crippen LogP contribution in [-0.2, 0) is 36.8 Å². The van der Waals surface area contributed by atoms with Crippen molar-refractivity contribution in [3.8, 4) is 0 Å². The second-order valence-electron chi connectivity index (χ2n) is 9.01. The number of benzene rings is 1. The number of hydrogen-bond acceptors (Lipinski definition) is 7. The number of carbonyl (C=O) groups excluding carboxylic acids is 3. The number of aromatic amines is 1. The number of aromatic nitrogens is 2. The molecule has 0 aliphatic carbocycles. The third kappa shape index (κ3) is 9.32. The molecule has 38 heavy (non-hydrogen) atoms. The Morgan fingerprint density at radius 1 is 0.947 bits per heavy atom. The number of carboxylic acid groups (broad SMARTS) is 2. The molecule has 0 spiro atoms. The highest BCUT2D eigenvalue weighted by molar-refractivity contribution is 5.95. The van der Waals surface area contributed by atoms with Crippen molar-refractivity contribution >= 4 is 29.7 Å². The SMILES string of the molecule is CCC(C)C(NC(=O)C(Cc1ccccc1)NC(=O)C(CC(=O)O)NC(=O)C(N)Cc1cnc[nH]1)C(=O)O. The summed E-state index contributed by atoms with van der Waals surface area (Å²) in [5, 5.41) is 26.2. The number of imidazole rings is 1. The highest BCUT2D eigenvalue weighted by Crippen LogP contribution is 2.10. The Bertz CT molecular complexity index is 1090. The van der Waals surface area contributed by atoms with Crippen molar-refractivity contribution in [2.24, 2.45) is 11.7 Å². The average molecular weight is 531 g/mol. The first-order valence-corrected chi connectivity index (χ1v) is 12.1. The maximum Gasteiger partial charge on any atom is 0.326 e. The number of rotatable bonds is 15. The summed E-state index contributed by atoms with van der Waals surface area (Å²) in [4.78, 5) is 68.7. The van der Waals surface area contributed by atoms with Gasteiger partial charge >= 0.3 is 11.9 Å². The van der Waals surface area contributed by atoms with Crippen LogP contribution in [0.15, 0.2) is 42.9 Å². The van der Waals surface area contributed by atoms with E-state index in [-0.39, 0.29) is 18.8 Å². The smallest absolute Gasteiger partial charge is 0.326 e. The number of amides is 3. The van der Waals surface area contributed by atoms with Crippen molar-refractivity contribution in [2.75, 3.05) is 0 Å². The molecule has 8 N–H and O–H groups in total. The highest BCUT2D eigenvalue weighted by Gasteiger charge is 2.33. The molecule has 0 radical (unpaired) electrons. The summed E-state index contributed by atoms with van der Waals surface area (Å²) in [6, 6.07) is 3.60. The summed E-state index contributed by atoms with van der Waals surface area (Å²) >= 11 is 0. The molecule has 13 nitrogen and oxygen atoms in total. The van der Waals surface area contributed by atoms with Crippen LogP contribution < -0.4 is 21.7 Å². The Kier molecular flexibility index (Phi) is 11.4. The van der Waals surface area contributed by atoms with E-state index in [1.807, 2.05) is 0 Å². The van der Waals surface area contributed by atoms with E-state index in [2.05, 4.69) is 25.9 Å². The second kappa shape index (κ2) is 14.5. The molecule has 0 bridgehead atoms. The van der Waals surface area contributed by atoms with Crippen molar-refractivity contribution in [3.63, 3.8) is 0 Å². The van der Waals surface area contributed by atoms with Gasteiger partial charge in [0.1, 0.15) is 18.1 Å². The number of aliphatic carboxylic acids is 2. The van der Waals surface area contributed by atoms with Crippen LogP contribution in [0.25, 0.3) is 0 Å². The molecule has 206 valence electrons. The molecule has 5 unspecified atom stereocenters. The number of hydrogen-bond donors (Lipinski definition) is 7.